The van der Waals surface area contributed by atoms with Crippen LogP contribution in [0.3, 0.4) is 0 Å². The van der Waals surface area contributed by atoms with E-state index in [1.807, 2.05) is 9.80 Å². The molecule has 11 heteroatoms. The van der Waals surface area contributed by atoms with Gasteiger partial charge in [0.2, 0.25) is 5.91 Å². The maximum Gasteiger partial charge on any atom is 0.414 e. The van der Waals surface area contributed by atoms with Gasteiger partial charge >= 0.3 is 6.09 Å². The van der Waals surface area contributed by atoms with Crippen molar-refractivity contribution in [2.45, 2.75) is 13.0 Å². The van der Waals surface area contributed by atoms with Gasteiger partial charge in [-0.15, -0.1) is 0 Å². The Hall–Kier alpha value is -3.34. The van der Waals surface area contributed by atoms with Crippen LogP contribution in [0.1, 0.15) is 12.6 Å². The number of carbonyl (C=O) groups excluding carboxylic acids is 2. The highest BCUT2D eigenvalue weighted by molar-refractivity contribution is 7.80. The van der Waals surface area contributed by atoms with E-state index < -0.39 is 18.0 Å². The summed E-state index contributed by atoms with van der Waals surface area (Å²) in [5, 5.41) is 2.62. The van der Waals surface area contributed by atoms with Gasteiger partial charge in [0, 0.05) is 45.5 Å². The quantitative estimate of drug-likeness (QED) is 0.676. The molecule has 1 atom stereocenters. The molecule has 2 aliphatic rings. The maximum absolute atomic E-state index is 15.0. The van der Waals surface area contributed by atoms with Crippen molar-refractivity contribution >= 4 is 40.6 Å². The molecule has 3 heterocycles. The minimum absolute atomic E-state index is 0.201. The van der Waals surface area contributed by atoms with Crippen molar-refractivity contribution in [3.05, 3.63) is 48.3 Å². The van der Waals surface area contributed by atoms with Crippen molar-refractivity contribution in [3.63, 3.8) is 0 Å². The highest BCUT2D eigenvalue weighted by Crippen LogP contribution is 2.28. The molecular formula is C21H23FN6O3S. The fourth-order valence-corrected chi connectivity index (χ4v) is 4.03. The predicted molar refractivity (Wildman–Crippen MR) is 120 cm³/mol. The van der Waals surface area contributed by atoms with Crippen LogP contribution >= 0.6 is 12.2 Å². The molecule has 0 saturated carbocycles. The number of nitrogens with zero attached hydrogens (tertiary/aromatic N) is 5. The number of piperazine rings is 1. The third-order valence-corrected chi connectivity index (χ3v) is 5.85. The summed E-state index contributed by atoms with van der Waals surface area (Å²) in [6.45, 7) is 4.34. The lowest BCUT2D eigenvalue weighted by Crippen LogP contribution is -2.49. The van der Waals surface area contributed by atoms with Crippen molar-refractivity contribution in [3.8, 4) is 0 Å². The highest BCUT2D eigenvalue weighted by atomic mass is 32.1. The Morgan fingerprint density at radius 2 is 2.06 bits per heavy atom. The molecule has 1 aromatic carbocycles. The molecule has 1 unspecified atom stereocenters. The molecule has 2 saturated heterocycles. The average molecular weight is 459 g/mol. The number of benzene rings is 1. The number of rotatable bonds is 5. The Morgan fingerprint density at radius 3 is 2.72 bits per heavy atom. The molecule has 2 amide bonds. The van der Waals surface area contributed by atoms with Crippen LogP contribution in [0.25, 0.3) is 0 Å². The molecule has 0 radical (unpaired) electrons. The normalized spacial score (nSPS) is 18.5. The molecule has 2 fully saturated rings. The van der Waals surface area contributed by atoms with Crippen LogP contribution in [0.2, 0.25) is 0 Å². The molecule has 0 aliphatic carbocycles. The average Bonchev–Trinajstić information content (AvgIpc) is 3.18. The second kappa shape index (κ2) is 9.43. The summed E-state index contributed by atoms with van der Waals surface area (Å²) in [5.41, 5.74) is 1.55. The van der Waals surface area contributed by atoms with Crippen molar-refractivity contribution in [2.75, 3.05) is 49.1 Å². The monoisotopic (exact) mass is 458 g/mol. The number of ether oxygens (including phenoxy) is 1. The van der Waals surface area contributed by atoms with Crippen LogP contribution in [-0.2, 0) is 9.53 Å². The van der Waals surface area contributed by atoms with E-state index in [2.05, 4.69) is 15.3 Å². The van der Waals surface area contributed by atoms with Crippen LogP contribution in [0, 0.1) is 5.82 Å². The summed E-state index contributed by atoms with van der Waals surface area (Å²) in [6.07, 6.45) is 3.81. The number of aromatic nitrogens is 2. The van der Waals surface area contributed by atoms with E-state index in [1.165, 1.54) is 17.9 Å². The molecule has 0 spiro atoms. The molecule has 0 bridgehead atoms. The topological polar surface area (TPSA) is 90.9 Å². The Kier molecular flexibility index (Phi) is 6.45. The summed E-state index contributed by atoms with van der Waals surface area (Å²) < 4.78 is 20.2. The van der Waals surface area contributed by atoms with Gasteiger partial charge in [0.15, 0.2) is 0 Å². The second-order valence-corrected chi connectivity index (χ2v) is 7.95. The zero-order chi connectivity index (χ0) is 22.7. The van der Waals surface area contributed by atoms with E-state index in [0.717, 1.165) is 0 Å². The van der Waals surface area contributed by atoms with Gasteiger partial charge in [0.05, 0.1) is 30.7 Å². The number of anilines is 2. The molecule has 9 nitrogen and oxygen atoms in total. The fourth-order valence-electron chi connectivity index (χ4n) is 3.74. The van der Waals surface area contributed by atoms with E-state index in [0.29, 0.717) is 48.2 Å². The van der Waals surface area contributed by atoms with Gasteiger partial charge in [-0.2, -0.15) is 0 Å². The van der Waals surface area contributed by atoms with E-state index in [1.54, 1.807) is 30.7 Å². The SMILES string of the molecule is CC(=O)NCC1CN(c2ccc(N3CCN(C(=S)c4cnccn4)CC3)c(F)c2)C(=O)O1. The van der Waals surface area contributed by atoms with Crippen LogP contribution in [0.15, 0.2) is 36.8 Å². The van der Waals surface area contributed by atoms with E-state index in [4.69, 9.17) is 17.0 Å². The fraction of sp³-hybridized carbons (Fsp3) is 0.381. The molecule has 4 rings (SSSR count). The van der Waals surface area contributed by atoms with Gasteiger partial charge in [-0.25, -0.2) is 9.18 Å². The smallest absolute Gasteiger partial charge is 0.414 e. The third-order valence-electron chi connectivity index (χ3n) is 5.39. The number of amides is 2. The number of cyclic esters (lactones) is 1. The minimum Gasteiger partial charge on any atom is -0.442 e. The number of halogens is 1. The largest absolute Gasteiger partial charge is 0.442 e. The Bertz CT molecular complexity index is 1020. The number of nitrogens with one attached hydrogen (secondary N) is 1. The first kappa shape index (κ1) is 21.9. The number of hydrogen-bond donors (Lipinski definition) is 1. The number of thiocarbonyl (C=S) groups is 1. The first-order valence-corrected chi connectivity index (χ1v) is 10.7. The zero-order valence-electron chi connectivity index (χ0n) is 17.5. The van der Waals surface area contributed by atoms with Gasteiger partial charge in [0.25, 0.3) is 0 Å². The lowest BCUT2D eigenvalue weighted by molar-refractivity contribution is -0.119. The number of hydrogen-bond acceptors (Lipinski definition) is 7. The van der Waals surface area contributed by atoms with Gasteiger partial charge in [-0.3, -0.25) is 19.7 Å². The lowest BCUT2D eigenvalue weighted by atomic mass is 10.2. The lowest BCUT2D eigenvalue weighted by Gasteiger charge is -2.37. The predicted octanol–water partition coefficient (Wildman–Crippen LogP) is 1.57. The van der Waals surface area contributed by atoms with E-state index >= 15 is 0 Å². The summed E-state index contributed by atoms with van der Waals surface area (Å²) >= 11 is 5.51. The second-order valence-electron chi connectivity index (χ2n) is 7.56. The van der Waals surface area contributed by atoms with Gasteiger partial charge in [-0.1, -0.05) is 12.2 Å². The van der Waals surface area contributed by atoms with E-state index in [-0.39, 0.29) is 19.0 Å². The maximum atomic E-state index is 15.0. The minimum atomic E-state index is -0.557. The van der Waals surface area contributed by atoms with Crippen molar-refractivity contribution in [1.29, 1.82) is 0 Å². The third kappa shape index (κ3) is 4.77. The summed E-state index contributed by atoms with van der Waals surface area (Å²) in [7, 11) is 0. The first-order valence-electron chi connectivity index (χ1n) is 10.2. The Balaban J connectivity index is 1.37. The molecular weight excluding hydrogens is 435 g/mol. The van der Waals surface area contributed by atoms with Crippen LogP contribution in [-0.4, -0.2) is 77.2 Å². The molecule has 2 aliphatic heterocycles. The van der Waals surface area contributed by atoms with Gasteiger partial charge in [0.1, 0.15) is 22.6 Å². The summed E-state index contributed by atoms with van der Waals surface area (Å²) in [6, 6.07) is 4.72. The molecule has 1 aromatic heterocycles. The zero-order valence-corrected chi connectivity index (χ0v) is 18.3. The summed E-state index contributed by atoms with van der Waals surface area (Å²) in [5.74, 6) is -0.613. The molecule has 2 aromatic rings. The van der Waals surface area contributed by atoms with Gasteiger partial charge in [-0.05, 0) is 18.2 Å². The Labute approximate surface area is 190 Å². The molecule has 1 N–H and O–H groups in total. The van der Waals surface area contributed by atoms with Crippen LogP contribution in [0.4, 0.5) is 20.6 Å². The van der Waals surface area contributed by atoms with Crippen molar-refractivity contribution < 1.29 is 18.7 Å². The van der Waals surface area contributed by atoms with E-state index in [9.17, 15) is 14.0 Å². The van der Waals surface area contributed by atoms with Crippen LogP contribution < -0.4 is 15.1 Å². The van der Waals surface area contributed by atoms with Crippen molar-refractivity contribution in [2.24, 2.45) is 0 Å². The summed E-state index contributed by atoms with van der Waals surface area (Å²) in [4.78, 5) is 37.5. The Morgan fingerprint density at radius 1 is 1.28 bits per heavy atom. The molecule has 168 valence electrons. The highest BCUT2D eigenvalue weighted by Gasteiger charge is 2.33. The molecule has 32 heavy (non-hydrogen) atoms. The standard InChI is InChI=1S/C21H23FN6O3S/c1-14(29)25-11-16-13-28(21(30)31-16)15-2-3-19(17(22)10-15)26-6-8-27(9-7-26)20(32)18-12-23-4-5-24-18/h2-5,10,12,16H,6-9,11,13H2,1H3,(H,25,29). The van der Waals surface area contributed by atoms with Crippen molar-refractivity contribution in [1.82, 2.24) is 20.2 Å². The number of carbonyl (C=O) groups is 2. The first-order chi connectivity index (χ1) is 15.4. The van der Waals surface area contributed by atoms with Gasteiger partial charge < -0.3 is 19.9 Å². The van der Waals surface area contributed by atoms with Crippen LogP contribution in [0.5, 0.6) is 0 Å².